The molecule has 12 N–H and O–H groups in total. The Morgan fingerprint density at radius 3 is 1.75 bits per heavy atom. The van der Waals surface area contributed by atoms with Crippen molar-refractivity contribution in [2.75, 3.05) is 0 Å². The summed E-state index contributed by atoms with van der Waals surface area (Å²) in [6.07, 6.45) is 1.67. The Morgan fingerprint density at radius 1 is 0.635 bits per heavy atom. The Labute approximate surface area is 368 Å². The molecule has 18 heteroatoms. The van der Waals surface area contributed by atoms with E-state index in [2.05, 4.69) is 36.9 Å². The smallest absolute Gasteiger partial charge is 0.326 e. The van der Waals surface area contributed by atoms with Gasteiger partial charge in [0.1, 0.15) is 36.3 Å². The fourth-order valence-corrected chi connectivity index (χ4v) is 6.88. The SMILES string of the molecule is CC[C@H](C)[C@H](NC(=O)[C@H](CC(C)C)NC(=O)[C@H](Cc1c[nH]c2ccccc12)NC(=O)[C@H](CCC(N)=O)NC(=O)[C@@H](NC(=O)[C@H](Cc1ccccc1)NC(=O)[C@H](C)N)C(C)C)C(=O)O. The van der Waals surface area contributed by atoms with Gasteiger partial charge in [0.25, 0.3) is 0 Å². The third kappa shape index (κ3) is 15.8. The Kier molecular flexibility index (Phi) is 19.7. The average Bonchev–Trinajstić information content (AvgIpc) is 3.64. The number of hydrogen-bond acceptors (Lipinski definition) is 9. The minimum atomic E-state index is -1.44. The third-order valence-electron chi connectivity index (χ3n) is 10.7. The Hall–Kier alpha value is -6.30. The van der Waals surface area contributed by atoms with Gasteiger partial charge >= 0.3 is 5.97 Å². The molecular weight excluding hydrogens is 811 g/mol. The molecule has 0 aliphatic heterocycles. The number of primary amides is 1. The summed E-state index contributed by atoms with van der Waals surface area (Å²) < 4.78 is 0. The quantitative estimate of drug-likeness (QED) is 0.0582. The van der Waals surface area contributed by atoms with Crippen molar-refractivity contribution < 1.29 is 43.5 Å². The highest BCUT2D eigenvalue weighted by atomic mass is 16.4. The fraction of sp³-hybridized carbons (Fsp3) is 0.511. The van der Waals surface area contributed by atoms with E-state index in [4.69, 9.17) is 11.5 Å². The maximum absolute atomic E-state index is 14.3. The number of rotatable bonds is 25. The standard InChI is InChI=1S/C45H65N9O9/c1-8-26(6)38(45(62)63)54-42(59)33(20-24(2)3)51-41(58)35(22-29-23-48-31-17-13-12-16-30(29)31)52-40(57)32(18-19-36(47)55)49-44(61)37(25(4)5)53-43(60)34(50-39(56)27(7)46)21-28-14-10-9-11-15-28/h9-17,23-27,32-35,37-38,48H,8,18-22,46H2,1-7H3,(H2,47,55)(H,49,61)(H,50,56)(H,51,58)(H,52,57)(H,53,60)(H,54,59)(H,62,63)/t26-,27-,32-,33-,34-,35-,37-,38-/m0/s1. The topological polar surface area (TPSA) is 297 Å². The lowest BCUT2D eigenvalue weighted by atomic mass is 9.97. The number of carbonyl (C=O) groups is 8. The molecule has 0 spiro atoms. The van der Waals surface area contributed by atoms with Gasteiger partial charge in [0.2, 0.25) is 41.4 Å². The summed E-state index contributed by atoms with van der Waals surface area (Å²) in [6, 6.07) is 7.73. The normalized spacial score (nSPS) is 15.1. The number of hydrogen-bond donors (Lipinski definition) is 10. The fourth-order valence-electron chi connectivity index (χ4n) is 6.88. The number of nitrogens with one attached hydrogen (secondary N) is 7. The zero-order valence-electron chi connectivity index (χ0n) is 37.2. The number of amides is 7. The molecule has 8 atom stereocenters. The molecule has 1 aromatic heterocycles. The second kappa shape index (κ2) is 24.4. The van der Waals surface area contributed by atoms with E-state index in [1.54, 1.807) is 64.2 Å². The van der Waals surface area contributed by atoms with Crippen molar-refractivity contribution in [3.63, 3.8) is 0 Å². The first-order chi connectivity index (χ1) is 29.7. The van der Waals surface area contributed by atoms with E-state index in [1.165, 1.54) is 6.92 Å². The Morgan fingerprint density at radius 2 is 1.16 bits per heavy atom. The van der Waals surface area contributed by atoms with Gasteiger partial charge in [-0.15, -0.1) is 0 Å². The second-order valence-electron chi connectivity index (χ2n) is 16.9. The predicted octanol–water partition coefficient (Wildman–Crippen LogP) is 1.31. The number of aromatic amines is 1. The van der Waals surface area contributed by atoms with Crippen molar-refractivity contribution in [2.24, 2.45) is 29.2 Å². The number of carboxylic acid groups (broad SMARTS) is 1. The minimum absolute atomic E-state index is 0.0821. The van der Waals surface area contributed by atoms with Crippen molar-refractivity contribution in [1.29, 1.82) is 0 Å². The molecule has 0 unspecified atom stereocenters. The van der Waals surface area contributed by atoms with E-state index in [0.29, 0.717) is 12.0 Å². The summed E-state index contributed by atoms with van der Waals surface area (Å²) in [7, 11) is 0. The lowest BCUT2D eigenvalue weighted by Crippen LogP contribution is -2.61. The van der Waals surface area contributed by atoms with Gasteiger partial charge in [0.15, 0.2) is 0 Å². The maximum Gasteiger partial charge on any atom is 0.326 e. The number of H-pyrrole nitrogens is 1. The van der Waals surface area contributed by atoms with E-state index in [-0.39, 0.29) is 38.0 Å². The van der Waals surface area contributed by atoms with Crippen LogP contribution in [0.3, 0.4) is 0 Å². The lowest BCUT2D eigenvalue weighted by Gasteiger charge is -2.29. The molecular formula is C45H65N9O9. The van der Waals surface area contributed by atoms with Crippen molar-refractivity contribution in [3.05, 3.63) is 71.9 Å². The van der Waals surface area contributed by atoms with Crippen LogP contribution < -0.4 is 43.4 Å². The van der Waals surface area contributed by atoms with Gasteiger partial charge in [-0.3, -0.25) is 33.6 Å². The highest BCUT2D eigenvalue weighted by Gasteiger charge is 2.35. The molecule has 0 fully saturated rings. The van der Waals surface area contributed by atoms with Crippen LogP contribution in [0, 0.1) is 17.8 Å². The van der Waals surface area contributed by atoms with E-state index in [9.17, 15) is 43.5 Å². The molecule has 0 bridgehead atoms. The van der Waals surface area contributed by atoms with Crippen molar-refractivity contribution >= 4 is 58.2 Å². The molecule has 0 aliphatic rings. The van der Waals surface area contributed by atoms with Crippen LogP contribution in [0.15, 0.2) is 60.8 Å². The molecule has 0 radical (unpaired) electrons. The largest absolute Gasteiger partial charge is 0.480 e. The lowest BCUT2D eigenvalue weighted by molar-refractivity contribution is -0.144. The molecule has 344 valence electrons. The number of aliphatic carboxylic acids is 1. The molecule has 3 rings (SSSR count). The van der Waals surface area contributed by atoms with Gasteiger partial charge in [-0.05, 0) is 54.7 Å². The molecule has 18 nitrogen and oxygen atoms in total. The number of aromatic nitrogens is 1. The van der Waals surface area contributed by atoms with Crippen LogP contribution in [0.25, 0.3) is 10.9 Å². The van der Waals surface area contributed by atoms with E-state index in [0.717, 1.165) is 16.5 Å². The third-order valence-corrected chi connectivity index (χ3v) is 10.7. The predicted molar refractivity (Wildman–Crippen MR) is 237 cm³/mol. The van der Waals surface area contributed by atoms with Gasteiger partial charge < -0.3 is 53.5 Å². The van der Waals surface area contributed by atoms with Gasteiger partial charge in [0, 0.05) is 36.4 Å². The van der Waals surface area contributed by atoms with Crippen LogP contribution in [0.4, 0.5) is 0 Å². The summed E-state index contributed by atoms with van der Waals surface area (Å²) in [5, 5.41) is 26.6. The summed E-state index contributed by atoms with van der Waals surface area (Å²) in [5.41, 5.74) is 13.4. The van der Waals surface area contributed by atoms with Crippen LogP contribution in [0.1, 0.15) is 85.3 Å². The van der Waals surface area contributed by atoms with E-state index < -0.39 is 101 Å². The zero-order chi connectivity index (χ0) is 47.0. The molecule has 0 saturated heterocycles. The number of carboxylic acids is 1. The van der Waals surface area contributed by atoms with Crippen molar-refractivity contribution in [3.8, 4) is 0 Å². The molecule has 7 amide bonds. The number of carbonyl (C=O) groups excluding carboxylic acids is 7. The average molecular weight is 876 g/mol. The van der Waals surface area contributed by atoms with Gasteiger partial charge in [-0.2, -0.15) is 0 Å². The minimum Gasteiger partial charge on any atom is -0.480 e. The zero-order valence-corrected chi connectivity index (χ0v) is 37.2. The summed E-state index contributed by atoms with van der Waals surface area (Å²) >= 11 is 0. The highest BCUT2D eigenvalue weighted by Crippen LogP contribution is 2.20. The summed E-state index contributed by atoms with van der Waals surface area (Å²) in [5.74, 6) is -7.47. The van der Waals surface area contributed by atoms with E-state index >= 15 is 0 Å². The molecule has 0 saturated carbocycles. The van der Waals surface area contributed by atoms with Crippen molar-refractivity contribution in [2.45, 2.75) is 129 Å². The highest BCUT2D eigenvalue weighted by molar-refractivity contribution is 5.98. The maximum atomic E-state index is 14.3. The molecule has 3 aromatic rings. The van der Waals surface area contributed by atoms with Crippen molar-refractivity contribution in [1.82, 2.24) is 36.9 Å². The monoisotopic (exact) mass is 875 g/mol. The van der Waals surface area contributed by atoms with Gasteiger partial charge in [0.05, 0.1) is 6.04 Å². The number of nitrogens with two attached hydrogens (primary N) is 2. The second-order valence-corrected chi connectivity index (χ2v) is 16.9. The number of para-hydroxylation sites is 1. The van der Waals surface area contributed by atoms with Gasteiger partial charge in [-0.25, -0.2) is 4.79 Å². The number of fused-ring (bicyclic) bond motifs is 1. The molecule has 1 heterocycles. The summed E-state index contributed by atoms with van der Waals surface area (Å²) in [6.45, 7) is 12.0. The van der Waals surface area contributed by atoms with Crippen LogP contribution in [-0.4, -0.2) is 99.7 Å². The first kappa shape index (κ1) is 51.1. The Balaban J connectivity index is 1.95. The molecule has 2 aromatic carbocycles. The van der Waals surface area contributed by atoms with Gasteiger partial charge in [-0.1, -0.05) is 96.5 Å². The van der Waals surface area contributed by atoms with E-state index in [1.807, 2.05) is 38.1 Å². The van der Waals surface area contributed by atoms with Crippen LogP contribution in [0.2, 0.25) is 0 Å². The van der Waals surface area contributed by atoms with Crippen LogP contribution in [-0.2, 0) is 51.2 Å². The Bertz CT molecular complexity index is 2050. The molecule has 63 heavy (non-hydrogen) atoms. The van der Waals surface area contributed by atoms with Crippen LogP contribution in [0.5, 0.6) is 0 Å². The first-order valence-corrected chi connectivity index (χ1v) is 21.4. The number of benzene rings is 2. The molecule has 0 aliphatic carbocycles. The first-order valence-electron chi connectivity index (χ1n) is 21.4. The van der Waals surface area contributed by atoms with Crippen LogP contribution >= 0.6 is 0 Å². The summed E-state index contributed by atoms with van der Waals surface area (Å²) in [4.78, 5) is 110.